The summed E-state index contributed by atoms with van der Waals surface area (Å²) in [5, 5.41) is 9.74. The van der Waals surface area contributed by atoms with Gasteiger partial charge in [-0.25, -0.2) is 0 Å². The van der Waals surface area contributed by atoms with E-state index in [1.807, 2.05) is 6.92 Å². The molecule has 0 spiro atoms. The summed E-state index contributed by atoms with van der Waals surface area (Å²) < 4.78 is 10.3. The van der Waals surface area contributed by atoms with Gasteiger partial charge < -0.3 is 20.3 Å². The maximum atomic E-state index is 9.74. The highest BCUT2D eigenvalue weighted by atomic mass is 16.5. The average Bonchev–Trinajstić information content (AvgIpc) is 2.35. The van der Waals surface area contributed by atoms with E-state index in [4.69, 9.17) is 15.2 Å². The first-order valence-corrected chi connectivity index (χ1v) is 5.29. The van der Waals surface area contributed by atoms with Crippen LogP contribution in [0.5, 0.6) is 11.5 Å². The lowest BCUT2D eigenvalue weighted by Gasteiger charge is -2.20. The van der Waals surface area contributed by atoms with Crippen molar-refractivity contribution in [3.8, 4) is 11.5 Å². The van der Waals surface area contributed by atoms with Crippen molar-refractivity contribution in [3.63, 3.8) is 0 Å². The molecule has 0 saturated carbocycles. The molecule has 0 aliphatic carbocycles. The Hall–Kier alpha value is -1.26. The van der Waals surface area contributed by atoms with Gasteiger partial charge in [-0.1, -0.05) is 6.92 Å². The van der Waals surface area contributed by atoms with Crippen molar-refractivity contribution in [2.45, 2.75) is 25.5 Å². The Labute approximate surface area is 96.0 Å². The summed E-state index contributed by atoms with van der Waals surface area (Å²) in [6.07, 6.45) is 0.0163. The van der Waals surface area contributed by atoms with Gasteiger partial charge in [0, 0.05) is 5.56 Å². The van der Waals surface area contributed by atoms with Crippen LogP contribution in [-0.2, 0) is 0 Å². The van der Waals surface area contributed by atoms with Crippen LogP contribution in [0.1, 0.15) is 24.9 Å². The lowest BCUT2D eigenvalue weighted by molar-refractivity contribution is 0.139. The molecule has 0 fully saturated rings. The van der Waals surface area contributed by atoms with Crippen molar-refractivity contribution in [1.29, 1.82) is 0 Å². The maximum absolute atomic E-state index is 9.74. The molecule has 0 heterocycles. The van der Waals surface area contributed by atoms with Gasteiger partial charge >= 0.3 is 0 Å². The molecule has 4 nitrogen and oxygen atoms in total. The molecular weight excluding hydrogens is 206 g/mol. The molecule has 0 bridgehead atoms. The molecule has 90 valence electrons. The number of nitrogens with two attached hydrogens (primary N) is 1. The average molecular weight is 225 g/mol. The van der Waals surface area contributed by atoms with E-state index in [-0.39, 0.29) is 0 Å². The number of ether oxygens (including phenoxy) is 2. The van der Waals surface area contributed by atoms with Crippen LogP contribution in [0.25, 0.3) is 0 Å². The number of hydrogen-bond donors (Lipinski definition) is 2. The normalized spacial score (nSPS) is 14.3. The molecular formula is C12H19NO3. The van der Waals surface area contributed by atoms with Gasteiger partial charge in [0.2, 0.25) is 0 Å². The van der Waals surface area contributed by atoms with E-state index in [0.717, 1.165) is 5.56 Å². The third kappa shape index (κ3) is 2.65. The van der Waals surface area contributed by atoms with E-state index in [9.17, 15) is 5.11 Å². The van der Waals surface area contributed by atoms with Gasteiger partial charge in [-0.2, -0.15) is 0 Å². The number of methoxy groups -OCH3 is 2. The lowest BCUT2D eigenvalue weighted by atomic mass is 9.99. The van der Waals surface area contributed by atoms with Gasteiger partial charge in [0.25, 0.3) is 0 Å². The molecule has 0 aromatic heterocycles. The fraction of sp³-hybridized carbons (Fsp3) is 0.500. The quantitative estimate of drug-likeness (QED) is 0.796. The van der Waals surface area contributed by atoms with E-state index >= 15 is 0 Å². The molecule has 0 radical (unpaired) electrons. The van der Waals surface area contributed by atoms with Crippen LogP contribution in [0.3, 0.4) is 0 Å². The minimum absolute atomic E-state index is 0.463. The molecule has 0 aliphatic rings. The first-order valence-electron chi connectivity index (χ1n) is 5.29. The summed E-state index contributed by atoms with van der Waals surface area (Å²) in [4.78, 5) is 0. The van der Waals surface area contributed by atoms with Crippen LogP contribution < -0.4 is 15.2 Å². The third-order valence-electron chi connectivity index (χ3n) is 2.63. The summed E-state index contributed by atoms with van der Waals surface area (Å²) in [7, 11) is 3.17. The van der Waals surface area contributed by atoms with Crippen molar-refractivity contribution in [2.75, 3.05) is 14.2 Å². The Morgan fingerprint density at radius 2 is 2.00 bits per heavy atom. The summed E-state index contributed by atoms with van der Waals surface area (Å²) >= 11 is 0. The van der Waals surface area contributed by atoms with Crippen LogP contribution in [-0.4, -0.2) is 25.4 Å². The smallest absolute Gasteiger partial charge is 0.123 e. The number of aliphatic hydroxyl groups is 1. The van der Waals surface area contributed by atoms with Crippen molar-refractivity contribution >= 4 is 0 Å². The molecule has 1 aromatic rings. The molecule has 0 unspecified atom stereocenters. The highest BCUT2D eigenvalue weighted by molar-refractivity contribution is 5.42. The fourth-order valence-electron chi connectivity index (χ4n) is 1.56. The van der Waals surface area contributed by atoms with Crippen molar-refractivity contribution in [3.05, 3.63) is 23.8 Å². The highest BCUT2D eigenvalue weighted by Gasteiger charge is 2.19. The van der Waals surface area contributed by atoms with Gasteiger partial charge in [0.15, 0.2) is 0 Å². The largest absolute Gasteiger partial charge is 0.497 e. The second-order valence-electron chi connectivity index (χ2n) is 3.61. The fourth-order valence-corrected chi connectivity index (χ4v) is 1.56. The molecule has 4 heteroatoms. The predicted molar refractivity (Wildman–Crippen MR) is 62.8 cm³/mol. The van der Waals surface area contributed by atoms with E-state index in [1.54, 1.807) is 32.4 Å². The van der Waals surface area contributed by atoms with Crippen LogP contribution in [0, 0.1) is 0 Å². The Bertz CT molecular complexity index is 341. The molecule has 0 amide bonds. The first-order chi connectivity index (χ1) is 7.63. The van der Waals surface area contributed by atoms with Crippen LogP contribution in [0.4, 0.5) is 0 Å². The lowest BCUT2D eigenvalue weighted by Crippen LogP contribution is -2.25. The summed E-state index contributed by atoms with van der Waals surface area (Å²) in [5.74, 6) is 1.37. The maximum Gasteiger partial charge on any atom is 0.123 e. The zero-order valence-electron chi connectivity index (χ0n) is 9.93. The Morgan fingerprint density at radius 3 is 2.50 bits per heavy atom. The van der Waals surface area contributed by atoms with Gasteiger partial charge in [0.05, 0.1) is 26.4 Å². The van der Waals surface area contributed by atoms with Crippen molar-refractivity contribution in [1.82, 2.24) is 0 Å². The molecule has 1 rings (SSSR count). The second kappa shape index (κ2) is 5.72. The third-order valence-corrected chi connectivity index (χ3v) is 2.63. The SMILES string of the molecule is CC[C@@H](O)[C@@H](N)c1cc(OC)ccc1OC. The first kappa shape index (κ1) is 12.8. The zero-order chi connectivity index (χ0) is 12.1. The van der Waals surface area contributed by atoms with Crippen LogP contribution in [0.2, 0.25) is 0 Å². The number of benzene rings is 1. The van der Waals surface area contributed by atoms with Gasteiger partial charge in [0.1, 0.15) is 11.5 Å². The van der Waals surface area contributed by atoms with Gasteiger partial charge in [-0.3, -0.25) is 0 Å². The zero-order valence-corrected chi connectivity index (χ0v) is 9.93. The van der Waals surface area contributed by atoms with Gasteiger partial charge in [-0.05, 0) is 24.6 Å². The molecule has 1 aromatic carbocycles. The van der Waals surface area contributed by atoms with Crippen LogP contribution in [0.15, 0.2) is 18.2 Å². The second-order valence-corrected chi connectivity index (χ2v) is 3.61. The molecule has 0 saturated heterocycles. The van der Waals surface area contributed by atoms with Crippen molar-refractivity contribution in [2.24, 2.45) is 5.73 Å². The van der Waals surface area contributed by atoms with E-state index in [2.05, 4.69) is 0 Å². The van der Waals surface area contributed by atoms with E-state index in [1.165, 1.54) is 0 Å². The topological polar surface area (TPSA) is 64.7 Å². The predicted octanol–water partition coefficient (Wildman–Crippen LogP) is 1.47. The van der Waals surface area contributed by atoms with E-state index in [0.29, 0.717) is 17.9 Å². The minimum atomic E-state index is -0.582. The Balaban J connectivity index is 3.07. The Morgan fingerprint density at radius 1 is 1.31 bits per heavy atom. The standard InChI is InChI=1S/C12H19NO3/c1-4-10(14)12(13)9-7-8(15-2)5-6-11(9)16-3/h5-7,10,12,14H,4,13H2,1-3H3/t10-,12+/m1/s1. The summed E-state index contributed by atoms with van der Waals surface area (Å²) in [6, 6.07) is 4.92. The summed E-state index contributed by atoms with van der Waals surface area (Å²) in [5.41, 5.74) is 6.72. The minimum Gasteiger partial charge on any atom is -0.497 e. The molecule has 3 N–H and O–H groups in total. The van der Waals surface area contributed by atoms with Gasteiger partial charge in [-0.15, -0.1) is 0 Å². The Kier molecular flexibility index (Phi) is 4.58. The highest BCUT2D eigenvalue weighted by Crippen LogP contribution is 2.30. The number of aliphatic hydroxyl groups excluding tert-OH is 1. The van der Waals surface area contributed by atoms with Crippen LogP contribution >= 0.6 is 0 Å². The summed E-state index contributed by atoms with van der Waals surface area (Å²) in [6.45, 7) is 1.89. The monoisotopic (exact) mass is 225 g/mol. The van der Waals surface area contributed by atoms with Crippen molar-refractivity contribution < 1.29 is 14.6 Å². The molecule has 2 atom stereocenters. The molecule has 16 heavy (non-hydrogen) atoms. The molecule has 0 aliphatic heterocycles. The number of hydrogen-bond acceptors (Lipinski definition) is 4. The van der Waals surface area contributed by atoms with E-state index < -0.39 is 12.1 Å². The number of rotatable bonds is 5.